The number of hydrogen-bond donors (Lipinski definition) is 0. The number of aromatic nitrogens is 5. The standard InChI is InChI=1S/C22H27F2N7O/c23-19(24)14-32-22-17-12-16(5-6-18(17)25-15-26-22)30-10-8-29(9-11-30)13-21-28-27-20-4-2-1-3-7-31(20)21/h5-6,12,15,19H,1-4,7-11,13-14H2. The average Bonchev–Trinajstić information content (AvgIpc) is 3.03. The summed E-state index contributed by atoms with van der Waals surface area (Å²) in [5.74, 6) is 2.39. The van der Waals surface area contributed by atoms with E-state index in [1.807, 2.05) is 18.2 Å². The van der Waals surface area contributed by atoms with Crippen LogP contribution in [-0.4, -0.2) is 68.8 Å². The van der Waals surface area contributed by atoms with Crippen molar-refractivity contribution in [1.29, 1.82) is 0 Å². The van der Waals surface area contributed by atoms with E-state index in [0.29, 0.717) is 10.9 Å². The van der Waals surface area contributed by atoms with Crippen LogP contribution in [0.5, 0.6) is 5.88 Å². The lowest BCUT2D eigenvalue weighted by Crippen LogP contribution is -2.46. The van der Waals surface area contributed by atoms with Gasteiger partial charge in [0.25, 0.3) is 6.43 Å². The molecule has 0 saturated carbocycles. The molecule has 10 heteroatoms. The van der Waals surface area contributed by atoms with Crippen molar-refractivity contribution in [3.63, 3.8) is 0 Å². The number of halogens is 2. The van der Waals surface area contributed by atoms with Gasteiger partial charge in [-0.2, -0.15) is 0 Å². The Morgan fingerprint density at radius 2 is 1.84 bits per heavy atom. The second-order valence-corrected chi connectivity index (χ2v) is 8.34. The fourth-order valence-corrected chi connectivity index (χ4v) is 4.50. The fourth-order valence-electron chi connectivity index (χ4n) is 4.50. The SMILES string of the molecule is FC(F)COc1ncnc2ccc(N3CCN(Cc4nnc5n4CCCCC5)CC3)cc12. The van der Waals surface area contributed by atoms with Crippen molar-refractivity contribution >= 4 is 16.6 Å². The van der Waals surface area contributed by atoms with Crippen LogP contribution in [0.2, 0.25) is 0 Å². The molecule has 2 aromatic heterocycles. The maximum absolute atomic E-state index is 12.6. The Kier molecular flexibility index (Phi) is 6.11. The number of aryl methyl sites for hydroxylation is 1. The normalized spacial score (nSPS) is 17.5. The third-order valence-electron chi connectivity index (χ3n) is 6.22. The Hall–Kier alpha value is -2.88. The van der Waals surface area contributed by atoms with Gasteiger partial charge in [-0.1, -0.05) is 6.42 Å². The molecule has 1 aromatic carbocycles. The predicted molar refractivity (Wildman–Crippen MR) is 116 cm³/mol. The number of piperazine rings is 1. The molecule has 0 aliphatic carbocycles. The molecule has 0 radical (unpaired) electrons. The number of alkyl halides is 2. The van der Waals surface area contributed by atoms with Crippen molar-refractivity contribution < 1.29 is 13.5 Å². The summed E-state index contributed by atoms with van der Waals surface area (Å²) in [5.41, 5.74) is 1.70. The van der Waals surface area contributed by atoms with Crippen LogP contribution < -0.4 is 9.64 Å². The summed E-state index contributed by atoms with van der Waals surface area (Å²) in [5, 5.41) is 9.53. The third kappa shape index (κ3) is 4.50. The average molecular weight is 444 g/mol. The van der Waals surface area contributed by atoms with E-state index in [2.05, 4.69) is 34.5 Å². The zero-order valence-corrected chi connectivity index (χ0v) is 18.0. The monoisotopic (exact) mass is 443 g/mol. The molecule has 1 fully saturated rings. The van der Waals surface area contributed by atoms with Gasteiger partial charge in [-0.25, -0.2) is 18.7 Å². The van der Waals surface area contributed by atoms with Crippen LogP contribution in [-0.2, 0) is 19.5 Å². The molecular formula is C22H27F2N7O. The van der Waals surface area contributed by atoms with Gasteiger partial charge < -0.3 is 14.2 Å². The van der Waals surface area contributed by atoms with E-state index < -0.39 is 13.0 Å². The van der Waals surface area contributed by atoms with E-state index in [-0.39, 0.29) is 5.88 Å². The first-order chi connectivity index (χ1) is 15.7. The molecule has 5 rings (SSSR count). The summed E-state index contributed by atoms with van der Waals surface area (Å²) in [6, 6.07) is 5.84. The Labute approximate surface area is 185 Å². The second-order valence-electron chi connectivity index (χ2n) is 8.34. The van der Waals surface area contributed by atoms with Crippen LogP contribution in [0.3, 0.4) is 0 Å². The van der Waals surface area contributed by atoms with Crippen LogP contribution in [0.4, 0.5) is 14.5 Å². The first-order valence-electron chi connectivity index (χ1n) is 11.2. The van der Waals surface area contributed by atoms with Crippen molar-refractivity contribution in [2.24, 2.45) is 0 Å². The van der Waals surface area contributed by atoms with Gasteiger partial charge in [-0.05, 0) is 31.0 Å². The zero-order valence-electron chi connectivity index (χ0n) is 18.0. The Bertz CT molecular complexity index is 1070. The highest BCUT2D eigenvalue weighted by Gasteiger charge is 2.22. The molecule has 170 valence electrons. The van der Waals surface area contributed by atoms with Gasteiger partial charge >= 0.3 is 0 Å². The number of hydrogen-bond acceptors (Lipinski definition) is 7. The lowest BCUT2D eigenvalue weighted by molar-refractivity contribution is 0.0804. The van der Waals surface area contributed by atoms with Crippen LogP contribution in [0, 0.1) is 0 Å². The van der Waals surface area contributed by atoms with Crippen molar-refractivity contribution in [1.82, 2.24) is 29.6 Å². The van der Waals surface area contributed by atoms with Gasteiger partial charge in [-0.3, -0.25) is 4.90 Å². The lowest BCUT2D eigenvalue weighted by Gasteiger charge is -2.36. The maximum Gasteiger partial charge on any atom is 0.272 e. The molecule has 0 N–H and O–H groups in total. The van der Waals surface area contributed by atoms with E-state index >= 15 is 0 Å². The molecule has 0 bridgehead atoms. The molecule has 2 aliphatic heterocycles. The quantitative estimate of drug-likeness (QED) is 0.580. The molecule has 0 atom stereocenters. The first-order valence-corrected chi connectivity index (χ1v) is 11.2. The van der Waals surface area contributed by atoms with Crippen LogP contribution in [0.1, 0.15) is 30.9 Å². The highest BCUT2D eigenvalue weighted by molar-refractivity contribution is 5.86. The minimum Gasteiger partial charge on any atom is -0.471 e. The predicted octanol–water partition coefficient (Wildman–Crippen LogP) is 2.91. The summed E-state index contributed by atoms with van der Waals surface area (Å²) in [6.45, 7) is 4.73. The van der Waals surface area contributed by atoms with E-state index in [1.165, 1.54) is 25.6 Å². The third-order valence-corrected chi connectivity index (χ3v) is 6.22. The molecule has 0 spiro atoms. The zero-order chi connectivity index (χ0) is 21.9. The highest BCUT2D eigenvalue weighted by Crippen LogP contribution is 2.28. The highest BCUT2D eigenvalue weighted by atomic mass is 19.3. The number of nitrogens with zero attached hydrogens (tertiary/aromatic N) is 7. The van der Waals surface area contributed by atoms with E-state index in [1.54, 1.807) is 0 Å². The molecule has 3 aromatic rings. The molecular weight excluding hydrogens is 416 g/mol. The van der Waals surface area contributed by atoms with Crippen LogP contribution in [0.25, 0.3) is 10.9 Å². The van der Waals surface area contributed by atoms with Gasteiger partial charge in [0, 0.05) is 44.8 Å². The Morgan fingerprint density at radius 3 is 2.69 bits per heavy atom. The topological polar surface area (TPSA) is 72.2 Å². The molecule has 2 aliphatic rings. The van der Waals surface area contributed by atoms with Crippen molar-refractivity contribution in [3.8, 4) is 5.88 Å². The van der Waals surface area contributed by atoms with E-state index in [4.69, 9.17) is 4.74 Å². The van der Waals surface area contributed by atoms with Gasteiger partial charge in [0.1, 0.15) is 18.0 Å². The van der Waals surface area contributed by atoms with Crippen molar-refractivity contribution in [2.45, 2.75) is 45.2 Å². The van der Waals surface area contributed by atoms with Crippen LogP contribution in [0.15, 0.2) is 24.5 Å². The molecule has 8 nitrogen and oxygen atoms in total. The Morgan fingerprint density at radius 1 is 0.969 bits per heavy atom. The van der Waals surface area contributed by atoms with Gasteiger partial charge in [0.15, 0.2) is 6.61 Å². The Balaban J connectivity index is 1.25. The van der Waals surface area contributed by atoms with E-state index in [0.717, 1.165) is 63.0 Å². The number of rotatable bonds is 6. The smallest absolute Gasteiger partial charge is 0.272 e. The van der Waals surface area contributed by atoms with Gasteiger partial charge in [-0.15, -0.1) is 10.2 Å². The van der Waals surface area contributed by atoms with Crippen molar-refractivity contribution in [3.05, 3.63) is 36.2 Å². The molecule has 1 saturated heterocycles. The second kappa shape index (κ2) is 9.32. The van der Waals surface area contributed by atoms with Gasteiger partial charge in [0.2, 0.25) is 5.88 Å². The number of anilines is 1. The summed E-state index contributed by atoms with van der Waals surface area (Å²) in [4.78, 5) is 13.0. The molecule has 0 unspecified atom stereocenters. The molecule has 0 amide bonds. The molecule has 4 heterocycles. The number of fused-ring (bicyclic) bond motifs is 2. The largest absolute Gasteiger partial charge is 0.471 e. The lowest BCUT2D eigenvalue weighted by atomic mass is 10.2. The fraction of sp³-hybridized carbons (Fsp3) is 0.545. The van der Waals surface area contributed by atoms with Gasteiger partial charge in [0.05, 0.1) is 17.4 Å². The maximum atomic E-state index is 12.6. The number of ether oxygens (including phenoxy) is 1. The summed E-state index contributed by atoms with van der Waals surface area (Å²) < 4.78 is 32.7. The minimum absolute atomic E-state index is 0.197. The number of benzene rings is 1. The first kappa shape index (κ1) is 21.0. The van der Waals surface area contributed by atoms with E-state index in [9.17, 15) is 8.78 Å². The van der Waals surface area contributed by atoms with Crippen molar-refractivity contribution in [2.75, 3.05) is 37.7 Å². The summed E-state index contributed by atoms with van der Waals surface area (Å²) in [7, 11) is 0. The minimum atomic E-state index is -2.54. The molecule has 32 heavy (non-hydrogen) atoms. The van der Waals surface area contributed by atoms with Crippen LogP contribution >= 0.6 is 0 Å². The summed E-state index contributed by atoms with van der Waals surface area (Å²) in [6.07, 6.45) is 3.47. The summed E-state index contributed by atoms with van der Waals surface area (Å²) >= 11 is 0.